The van der Waals surface area contributed by atoms with Crippen LogP contribution in [0.4, 0.5) is 0 Å². The van der Waals surface area contributed by atoms with Crippen molar-refractivity contribution in [1.82, 2.24) is 4.90 Å². The summed E-state index contributed by atoms with van der Waals surface area (Å²) in [5.74, 6) is -0.252. The van der Waals surface area contributed by atoms with E-state index in [1.54, 1.807) is 0 Å². The van der Waals surface area contributed by atoms with Crippen molar-refractivity contribution >= 4 is 5.97 Å². The van der Waals surface area contributed by atoms with E-state index in [2.05, 4.69) is 0 Å². The van der Waals surface area contributed by atoms with Crippen molar-refractivity contribution in [3.05, 3.63) is 35.9 Å². The maximum absolute atomic E-state index is 11.8. The lowest BCUT2D eigenvalue weighted by atomic mass is 10.1. The fraction of sp³-hybridized carbons (Fsp3) is 0.533. The molecular weight excluding hydrogens is 256 g/mol. The summed E-state index contributed by atoms with van der Waals surface area (Å²) < 4.78 is 5.25. The average Bonchev–Trinajstić information content (AvgIpc) is 2.60. The lowest BCUT2D eigenvalue weighted by molar-refractivity contribution is -0.146. The first-order valence-corrected chi connectivity index (χ1v) is 7.00. The predicted octanol–water partition coefficient (Wildman–Crippen LogP) is 0.514. The van der Waals surface area contributed by atoms with Gasteiger partial charge in [0.05, 0.1) is 12.6 Å². The number of carbonyl (C=O) groups is 1. The van der Waals surface area contributed by atoms with Crippen molar-refractivity contribution in [2.45, 2.75) is 31.6 Å². The number of likely N-dealkylation sites (tertiary alicyclic amines) is 1. The van der Waals surface area contributed by atoms with Crippen LogP contribution in [-0.4, -0.2) is 47.8 Å². The van der Waals surface area contributed by atoms with Gasteiger partial charge in [-0.15, -0.1) is 0 Å². The monoisotopic (exact) mass is 278 g/mol. The third-order valence-electron chi connectivity index (χ3n) is 3.53. The topological polar surface area (TPSA) is 75.8 Å². The first-order valence-electron chi connectivity index (χ1n) is 7.00. The molecule has 0 bridgehead atoms. The van der Waals surface area contributed by atoms with Gasteiger partial charge in [-0.3, -0.25) is 9.69 Å². The van der Waals surface area contributed by atoms with Crippen molar-refractivity contribution in [2.24, 2.45) is 5.73 Å². The molecule has 3 N–H and O–H groups in total. The zero-order valence-corrected chi connectivity index (χ0v) is 11.6. The molecule has 0 spiro atoms. The third kappa shape index (κ3) is 4.59. The van der Waals surface area contributed by atoms with Gasteiger partial charge < -0.3 is 15.6 Å². The van der Waals surface area contributed by atoms with Gasteiger partial charge >= 0.3 is 5.97 Å². The fourth-order valence-electron chi connectivity index (χ4n) is 2.36. The molecule has 1 fully saturated rings. The van der Waals surface area contributed by atoms with Gasteiger partial charge in [0.25, 0.3) is 0 Å². The number of ether oxygens (including phenoxy) is 1. The van der Waals surface area contributed by atoms with Gasteiger partial charge in [0, 0.05) is 12.6 Å². The number of carbonyl (C=O) groups excluding carboxylic acids is 1. The summed E-state index contributed by atoms with van der Waals surface area (Å²) in [6.45, 7) is 1.82. The molecule has 0 amide bonds. The highest BCUT2D eigenvalue weighted by Gasteiger charge is 2.23. The van der Waals surface area contributed by atoms with E-state index in [9.17, 15) is 9.90 Å². The van der Waals surface area contributed by atoms with Crippen LogP contribution in [0.25, 0.3) is 0 Å². The van der Waals surface area contributed by atoms with E-state index in [4.69, 9.17) is 10.5 Å². The largest absolute Gasteiger partial charge is 0.460 e. The number of hydrogen-bond acceptors (Lipinski definition) is 5. The molecule has 0 saturated carbocycles. The highest BCUT2D eigenvalue weighted by molar-refractivity contribution is 5.71. The van der Waals surface area contributed by atoms with Gasteiger partial charge in [-0.05, 0) is 24.9 Å². The maximum atomic E-state index is 11.8. The molecule has 2 atom stereocenters. The van der Waals surface area contributed by atoms with Gasteiger partial charge in [-0.25, -0.2) is 0 Å². The first kappa shape index (κ1) is 15.0. The molecular formula is C15H22N2O3. The Morgan fingerprint density at radius 1 is 1.40 bits per heavy atom. The van der Waals surface area contributed by atoms with Crippen LogP contribution >= 0.6 is 0 Å². The molecule has 0 radical (unpaired) electrons. The van der Waals surface area contributed by atoms with Crippen molar-refractivity contribution in [2.75, 3.05) is 19.6 Å². The van der Waals surface area contributed by atoms with E-state index in [-0.39, 0.29) is 18.6 Å². The molecule has 1 aliphatic heterocycles. The molecule has 1 heterocycles. The van der Waals surface area contributed by atoms with Crippen molar-refractivity contribution < 1.29 is 14.6 Å². The molecule has 1 aromatic rings. The zero-order valence-electron chi connectivity index (χ0n) is 11.6. The second kappa shape index (κ2) is 7.38. The molecule has 1 aromatic carbocycles. The molecule has 2 rings (SSSR count). The van der Waals surface area contributed by atoms with Gasteiger partial charge in [-0.1, -0.05) is 30.3 Å². The Hall–Kier alpha value is -1.43. The Bertz CT molecular complexity index is 424. The number of nitrogens with two attached hydrogens (primary N) is 1. The number of aliphatic hydroxyl groups excluding tert-OH is 1. The van der Waals surface area contributed by atoms with Gasteiger partial charge in [0.1, 0.15) is 6.61 Å². The molecule has 5 heteroatoms. The zero-order chi connectivity index (χ0) is 14.4. The smallest absolute Gasteiger partial charge is 0.320 e. The minimum atomic E-state index is -0.472. The Morgan fingerprint density at radius 2 is 2.15 bits per heavy atom. The second-order valence-electron chi connectivity index (χ2n) is 5.25. The summed E-state index contributed by atoms with van der Waals surface area (Å²) >= 11 is 0. The molecule has 2 unspecified atom stereocenters. The molecule has 110 valence electrons. The molecule has 1 aliphatic rings. The van der Waals surface area contributed by atoms with E-state index in [0.29, 0.717) is 19.6 Å². The summed E-state index contributed by atoms with van der Waals surface area (Å²) in [4.78, 5) is 13.8. The highest BCUT2D eigenvalue weighted by atomic mass is 16.5. The van der Waals surface area contributed by atoms with Crippen molar-refractivity contribution in [3.8, 4) is 0 Å². The summed E-state index contributed by atoms with van der Waals surface area (Å²) in [6.07, 6.45) is 1.07. The number of benzene rings is 1. The van der Waals surface area contributed by atoms with Crippen LogP contribution < -0.4 is 5.73 Å². The van der Waals surface area contributed by atoms with E-state index in [1.165, 1.54) is 0 Å². The summed E-state index contributed by atoms with van der Waals surface area (Å²) in [5, 5.41) is 9.69. The SMILES string of the molecule is NC1CN(CC(=O)OCc2ccccc2)CCCC1O. The molecule has 20 heavy (non-hydrogen) atoms. The van der Waals surface area contributed by atoms with Crippen molar-refractivity contribution in [1.29, 1.82) is 0 Å². The second-order valence-corrected chi connectivity index (χ2v) is 5.25. The van der Waals surface area contributed by atoms with E-state index < -0.39 is 6.10 Å². The first-order chi connectivity index (χ1) is 9.65. The number of esters is 1. The summed E-state index contributed by atoms with van der Waals surface area (Å²) in [5.41, 5.74) is 6.84. The normalized spacial score (nSPS) is 24.1. The van der Waals surface area contributed by atoms with Crippen LogP contribution in [0.1, 0.15) is 18.4 Å². The summed E-state index contributed by atoms with van der Waals surface area (Å²) in [7, 11) is 0. The van der Waals surface area contributed by atoms with Crippen LogP contribution in [-0.2, 0) is 16.1 Å². The average molecular weight is 278 g/mol. The molecule has 1 saturated heterocycles. The lowest BCUT2D eigenvalue weighted by Gasteiger charge is -2.22. The number of aliphatic hydroxyl groups is 1. The van der Waals surface area contributed by atoms with E-state index in [0.717, 1.165) is 18.5 Å². The molecule has 0 aromatic heterocycles. The minimum absolute atomic E-state index is 0.229. The van der Waals surface area contributed by atoms with Crippen LogP contribution in [0.15, 0.2) is 30.3 Å². The van der Waals surface area contributed by atoms with Gasteiger partial charge in [0.15, 0.2) is 0 Å². The predicted molar refractivity (Wildman–Crippen MR) is 75.9 cm³/mol. The molecule has 0 aliphatic carbocycles. The van der Waals surface area contributed by atoms with Gasteiger partial charge in [-0.2, -0.15) is 0 Å². The van der Waals surface area contributed by atoms with Crippen LogP contribution in [0.2, 0.25) is 0 Å². The Labute approximate surface area is 119 Å². The number of rotatable bonds is 4. The lowest BCUT2D eigenvalue weighted by Crippen LogP contribution is -2.44. The quantitative estimate of drug-likeness (QED) is 0.785. The Morgan fingerprint density at radius 3 is 2.90 bits per heavy atom. The Kier molecular flexibility index (Phi) is 5.52. The molecule has 5 nitrogen and oxygen atoms in total. The summed E-state index contributed by atoms with van der Waals surface area (Å²) in [6, 6.07) is 9.31. The van der Waals surface area contributed by atoms with E-state index >= 15 is 0 Å². The van der Waals surface area contributed by atoms with Crippen LogP contribution in [0, 0.1) is 0 Å². The maximum Gasteiger partial charge on any atom is 0.320 e. The van der Waals surface area contributed by atoms with Gasteiger partial charge in [0.2, 0.25) is 0 Å². The number of hydrogen-bond donors (Lipinski definition) is 2. The highest BCUT2D eigenvalue weighted by Crippen LogP contribution is 2.10. The minimum Gasteiger partial charge on any atom is -0.460 e. The van der Waals surface area contributed by atoms with Crippen molar-refractivity contribution in [3.63, 3.8) is 0 Å². The number of nitrogens with zero attached hydrogens (tertiary/aromatic N) is 1. The van der Waals surface area contributed by atoms with Crippen LogP contribution in [0.3, 0.4) is 0 Å². The van der Waals surface area contributed by atoms with E-state index in [1.807, 2.05) is 35.2 Å². The standard InChI is InChI=1S/C15H22N2O3/c16-13-9-17(8-4-7-14(13)18)10-15(19)20-11-12-5-2-1-3-6-12/h1-3,5-6,13-14,18H,4,7-11,16H2. The van der Waals surface area contributed by atoms with Crippen LogP contribution in [0.5, 0.6) is 0 Å². The fourth-order valence-corrected chi connectivity index (χ4v) is 2.36. The third-order valence-corrected chi connectivity index (χ3v) is 3.53. The Balaban J connectivity index is 1.76.